The minimum atomic E-state index is 0.614. The zero-order valence-corrected chi connectivity index (χ0v) is 13.2. The summed E-state index contributed by atoms with van der Waals surface area (Å²) >= 11 is 8.76. The van der Waals surface area contributed by atoms with Gasteiger partial charge < -0.3 is 0 Å². The second-order valence-corrected chi connectivity index (χ2v) is 6.35. The van der Waals surface area contributed by atoms with Crippen LogP contribution in [0.2, 0.25) is 0 Å². The average molecular weight is 362 g/mol. The van der Waals surface area contributed by atoms with E-state index in [2.05, 4.69) is 47.5 Å². The van der Waals surface area contributed by atoms with Crippen molar-refractivity contribution in [3.8, 4) is 0 Å². The number of aliphatic imine (C=N–C) groups is 1. The summed E-state index contributed by atoms with van der Waals surface area (Å²) in [6, 6.07) is 0. The van der Waals surface area contributed by atoms with E-state index in [0.29, 0.717) is 11.1 Å². The fourth-order valence-electron chi connectivity index (χ4n) is 2.37. The average Bonchev–Trinajstić information content (AvgIpc) is 2.41. The highest BCUT2D eigenvalue weighted by Gasteiger charge is 2.22. The molecule has 0 spiro atoms. The van der Waals surface area contributed by atoms with Gasteiger partial charge in [-0.15, -0.1) is 0 Å². The summed E-state index contributed by atoms with van der Waals surface area (Å²) in [6.07, 6.45) is 8.77. The van der Waals surface area contributed by atoms with Crippen molar-refractivity contribution < 1.29 is 0 Å². The summed E-state index contributed by atoms with van der Waals surface area (Å²) in [5, 5.41) is 0.661. The molecule has 1 heterocycles. The van der Waals surface area contributed by atoms with Crippen LogP contribution in [0.15, 0.2) is 37.6 Å². The van der Waals surface area contributed by atoms with Crippen LogP contribution < -0.4 is 0 Å². The summed E-state index contributed by atoms with van der Waals surface area (Å²) < 4.78 is 1.27. The van der Waals surface area contributed by atoms with Crippen molar-refractivity contribution in [2.24, 2.45) is 10.9 Å². The van der Waals surface area contributed by atoms with E-state index in [1.807, 2.05) is 6.20 Å². The van der Waals surface area contributed by atoms with E-state index in [0.717, 1.165) is 19.3 Å². The summed E-state index contributed by atoms with van der Waals surface area (Å²) in [4.78, 5) is 4.39. The molecule has 0 N–H and O–H groups in total. The fourth-order valence-corrected chi connectivity index (χ4v) is 3.71. The minimum absolute atomic E-state index is 0.614. The van der Waals surface area contributed by atoms with Crippen molar-refractivity contribution in [3.05, 3.63) is 32.6 Å². The normalized spacial score (nSPS) is 32.2. The lowest BCUT2D eigenvalue weighted by molar-refractivity contribution is 0.596. The molecule has 0 radical (unpaired) electrons. The molecule has 0 aromatic carbocycles. The second kappa shape index (κ2) is 5.70. The van der Waals surface area contributed by atoms with Gasteiger partial charge in [-0.1, -0.05) is 35.7 Å². The van der Waals surface area contributed by atoms with Gasteiger partial charge in [0.1, 0.15) is 5.17 Å². The molecule has 1 aliphatic carbocycles. The Labute approximate surface area is 122 Å². The Bertz CT molecular complexity index is 443. The molecule has 92 valence electrons. The van der Waals surface area contributed by atoms with Gasteiger partial charge in [0.05, 0.1) is 0 Å². The molecule has 0 bridgehead atoms. The molecule has 1 nitrogen and oxygen atoms in total. The zero-order valence-electron chi connectivity index (χ0n) is 10.3. The summed E-state index contributed by atoms with van der Waals surface area (Å²) in [7, 11) is 0. The van der Waals surface area contributed by atoms with Gasteiger partial charge >= 0.3 is 0 Å². The summed E-state index contributed by atoms with van der Waals surface area (Å²) in [5.74, 6) is 0.614. The van der Waals surface area contributed by atoms with Crippen LogP contribution in [0.25, 0.3) is 0 Å². The largest absolute Gasteiger partial charge is 0.244 e. The van der Waals surface area contributed by atoms with E-state index in [1.165, 1.54) is 26.7 Å². The summed E-state index contributed by atoms with van der Waals surface area (Å²) in [5.41, 5.74) is 4.00. The van der Waals surface area contributed by atoms with Crippen molar-refractivity contribution in [3.63, 3.8) is 0 Å². The van der Waals surface area contributed by atoms with Gasteiger partial charge in [0.15, 0.2) is 0 Å². The zero-order chi connectivity index (χ0) is 12.4. The van der Waals surface area contributed by atoms with Gasteiger partial charge in [0, 0.05) is 15.4 Å². The van der Waals surface area contributed by atoms with Crippen molar-refractivity contribution in [2.45, 2.75) is 39.5 Å². The SMILES string of the molecule is C/C1=C/N=C(/Cl)C2=C(CC1)C(C)CCC=C2I. The van der Waals surface area contributed by atoms with Crippen molar-refractivity contribution in [2.75, 3.05) is 0 Å². The molecular formula is C14H17ClIN. The Morgan fingerprint density at radius 3 is 2.94 bits per heavy atom. The third-order valence-corrected chi connectivity index (χ3v) is 4.74. The highest BCUT2D eigenvalue weighted by atomic mass is 127. The Hall–Kier alpha value is -0.0900. The predicted octanol–water partition coefficient (Wildman–Crippen LogP) is 5.37. The number of rotatable bonds is 0. The van der Waals surface area contributed by atoms with E-state index < -0.39 is 0 Å². The number of allylic oxidation sites excluding steroid dienone is 5. The fraction of sp³-hybridized carbons (Fsp3) is 0.500. The molecule has 0 fully saturated rings. The Kier molecular flexibility index (Phi) is 4.47. The van der Waals surface area contributed by atoms with Crippen LogP contribution in [0.1, 0.15) is 39.5 Å². The van der Waals surface area contributed by atoms with Gasteiger partial charge in [0.25, 0.3) is 0 Å². The van der Waals surface area contributed by atoms with Crippen molar-refractivity contribution in [1.82, 2.24) is 0 Å². The molecule has 2 aliphatic rings. The molecule has 2 rings (SSSR count). The van der Waals surface area contributed by atoms with Gasteiger partial charge in [-0.3, -0.25) is 0 Å². The first-order chi connectivity index (χ1) is 8.09. The van der Waals surface area contributed by atoms with Crippen LogP contribution in [0.4, 0.5) is 0 Å². The van der Waals surface area contributed by atoms with Crippen LogP contribution in [-0.4, -0.2) is 5.17 Å². The molecule has 1 aliphatic heterocycles. The number of halogens is 2. The van der Waals surface area contributed by atoms with Gasteiger partial charge in [-0.05, 0) is 61.1 Å². The molecule has 0 saturated carbocycles. The van der Waals surface area contributed by atoms with Crippen molar-refractivity contribution >= 4 is 39.4 Å². The number of nitrogens with zero attached hydrogens (tertiary/aromatic N) is 1. The van der Waals surface area contributed by atoms with E-state index in [1.54, 1.807) is 0 Å². The number of hydrogen-bond acceptors (Lipinski definition) is 1. The first-order valence-corrected chi connectivity index (χ1v) is 7.53. The maximum atomic E-state index is 6.37. The van der Waals surface area contributed by atoms with E-state index in [-0.39, 0.29) is 0 Å². The topological polar surface area (TPSA) is 12.4 Å². The lowest BCUT2D eigenvalue weighted by Crippen LogP contribution is -2.08. The first-order valence-electron chi connectivity index (χ1n) is 6.08. The molecule has 1 atom stereocenters. The second-order valence-electron chi connectivity index (χ2n) is 4.83. The van der Waals surface area contributed by atoms with Crippen LogP contribution in [0.3, 0.4) is 0 Å². The molecular weight excluding hydrogens is 345 g/mol. The van der Waals surface area contributed by atoms with Gasteiger partial charge in [0.2, 0.25) is 0 Å². The number of hydrogen-bond donors (Lipinski definition) is 0. The van der Waals surface area contributed by atoms with Gasteiger partial charge in [-0.25, -0.2) is 4.99 Å². The van der Waals surface area contributed by atoms with E-state index in [9.17, 15) is 0 Å². The maximum Gasteiger partial charge on any atom is 0.137 e. The molecule has 0 aromatic heterocycles. The maximum absolute atomic E-state index is 6.37. The van der Waals surface area contributed by atoms with Crippen LogP contribution in [-0.2, 0) is 0 Å². The molecule has 0 saturated heterocycles. The Morgan fingerprint density at radius 1 is 1.41 bits per heavy atom. The predicted molar refractivity (Wildman–Crippen MR) is 83.8 cm³/mol. The highest BCUT2D eigenvalue weighted by molar-refractivity contribution is 14.1. The molecule has 3 heteroatoms. The standard InChI is InChI=1S/C14H17ClIN/c1-9-6-7-11-10(2)4-3-5-12(16)13(11)14(15)17-8-9/h5,8,10H,3-4,6-7H2,1-2H3/b9-8-,17-14+. The van der Waals surface area contributed by atoms with Gasteiger partial charge in [-0.2, -0.15) is 0 Å². The van der Waals surface area contributed by atoms with Crippen LogP contribution in [0.5, 0.6) is 0 Å². The summed E-state index contributed by atoms with van der Waals surface area (Å²) in [6.45, 7) is 4.44. The monoisotopic (exact) mass is 361 g/mol. The minimum Gasteiger partial charge on any atom is -0.244 e. The third-order valence-electron chi connectivity index (χ3n) is 3.47. The smallest absolute Gasteiger partial charge is 0.137 e. The lowest BCUT2D eigenvalue weighted by atomic mass is 9.89. The molecule has 17 heavy (non-hydrogen) atoms. The highest BCUT2D eigenvalue weighted by Crippen LogP contribution is 2.37. The third kappa shape index (κ3) is 3.02. The molecule has 1 unspecified atom stereocenters. The van der Waals surface area contributed by atoms with Crippen LogP contribution >= 0.6 is 34.2 Å². The lowest BCUT2D eigenvalue weighted by Gasteiger charge is -2.19. The molecule has 0 amide bonds. The van der Waals surface area contributed by atoms with Crippen molar-refractivity contribution in [1.29, 1.82) is 0 Å². The Morgan fingerprint density at radius 2 is 2.18 bits per heavy atom. The Balaban J connectivity index is 2.52. The van der Waals surface area contributed by atoms with Crippen LogP contribution in [0, 0.1) is 5.92 Å². The van der Waals surface area contributed by atoms with E-state index >= 15 is 0 Å². The first kappa shape index (κ1) is 13.3. The van der Waals surface area contributed by atoms with E-state index in [4.69, 9.17) is 11.6 Å². The molecule has 0 aromatic rings. The quantitative estimate of drug-likeness (QED) is 0.515.